The topological polar surface area (TPSA) is 49.9 Å². The Labute approximate surface area is 149 Å². The minimum absolute atomic E-state index is 0.221. The molecule has 130 valence electrons. The van der Waals surface area contributed by atoms with E-state index in [-0.39, 0.29) is 12.1 Å². The fraction of sp³-hybridized carbons (Fsp3) is 0.286. The van der Waals surface area contributed by atoms with E-state index in [0.29, 0.717) is 6.61 Å². The number of imidazole rings is 1. The maximum atomic E-state index is 5.85. The van der Waals surface area contributed by atoms with E-state index in [0.717, 1.165) is 18.0 Å². The second-order valence-electron chi connectivity index (χ2n) is 6.17. The summed E-state index contributed by atoms with van der Waals surface area (Å²) in [5.41, 5.74) is 2.41. The molecule has 0 aliphatic carbocycles. The summed E-state index contributed by atoms with van der Waals surface area (Å²) in [4.78, 5) is 7.56. The van der Waals surface area contributed by atoms with Gasteiger partial charge < -0.3 is 15.0 Å². The maximum Gasteiger partial charge on any atom is 0.123 e. The summed E-state index contributed by atoms with van der Waals surface area (Å²) in [6.45, 7) is 4.92. The van der Waals surface area contributed by atoms with Crippen molar-refractivity contribution in [3.8, 4) is 5.75 Å². The summed E-state index contributed by atoms with van der Waals surface area (Å²) >= 11 is 0. The normalized spacial score (nSPS) is 13.4. The predicted octanol–water partition coefficient (Wildman–Crippen LogP) is 4.79. The first-order valence-electron chi connectivity index (χ1n) is 8.78. The summed E-state index contributed by atoms with van der Waals surface area (Å²) in [5.74, 6) is 1.87. The molecule has 2 unspecified atom stereocenters. The molecular formula is C21H25N3O. The van der Waals surface area contributed by atoms with E-state index < -0.39 is 0 Å². The first-order valence-corrected chi connectivity index (χ1v) is 8.78. The summed E-state index contributed by atoms with van der Waals surface area (Å²) in [6.07, 6.45) is 4.64. The van der Waals surface area contributed by atoms with Crippen LogP contribution in [0, 0.1) is 0 Å². The van der Waals surface area contributed by atoms with Gasteiger partial charge in [-0.15, -0.1) is 0 Å². The molecule has 3 rings (SSSR count). The third kappa shape index (κ3) is 4.70. The minimum Gasteiger partial charge on any atom is -0.489 e. The molecular weight excluding hydrogens is 310 g/mol. The SMILES string of the molecule is CCC(NC(C)c1ccc(OCc2ccccc2)cc1)c1ncc[nH]1. The lowest BCUT2D eigenvalue weighted by Gasteiger charge is -2.21. The van der Waals surface area contributed by atoms with Crippen LogP contribution in [-0.2, 0) is 6.61 Å². The number of rotatable bonds is 8. The smallest absolute Gasteiger partial charge is 0.123 e. The first-order chi connectivity index (χ1) is 12.3. The zero-order chi connectivity index (χ0) is 17.5. The van der Waals surface area contributed by atoms with E-state index in [4.69, 9.17) is 4.74 Å². The Balaban J connectivity index is 1.57. The van der Waals surface area contributed by atoms with Gasteiger partial charge in [0.1, 0.15) is 18.2 Å². The highest BCUT2D eigenvalue weighted by molar-refractivity contribution is 5.29. The van der Waals surface area contributed by atoms with Crippen molar-refractivity contribution in [3.05, 3.63) is 83.9 Å². The van der Waals surface area contributed by atoms with Crippen molar-refractivity contribution in [1.29, 1.82) is 0 Å². The van der Waals surface area contributed by atoms with Crippen molar-refractivity contribution in [2.45, 2.75) is 39.0 Å². The summed E-state index contributed by atoms with van der Waals surface area (Å²) in [7, 11) is 0. The van der Waals surface area contributed by atoms with Crippen LogP contribution in [0.4, 0.5) is 0 Å². The lowest BCUT2D eigenvalue weighted by Crippen LogP contribution is -2.25. The van der Waals surface area contributed by atoms with Gasteiger partial charge in [0.05, 0.1) is 6.04 Å². The summed E-state index contributed by atoms with van der Waals surface area (Å²) in [5, 5.41) is 3.63. The standard InChI is InChI=1S/C21H25N3O/c1-3-20(21-22-13-14-23-21)24-16(2)18-9-11-19(12-10-18)25-15-17-7-5-4-6-8-17/h4-14,16,20,24H,3,15H2,1-2H3,(H,22,23). The van der Waals surface area contributed by atoms with Crippen molar-refractivity contribution in [2.75, 3.05) is 0 Å². The molecule has 0 spiro atoms. The highest BCUT2D eigenvalue weighted by Gasteiger charge is 2.15. The molecule has 3 aromatic rings. The van der Waals surface area contributed by atoms with Crippen LogP contribution in [0.25, 0.3) is 0 Å². The lowest BCUT2D eigenvalue weighted by molar-refractivity contribution is 0.306. The molecule has 1 heterocycles. The quantitative estimate of drug-likeness (QED) is 0.622. The number of nitrogens with zero attached hydrogens (tertiary/aromatic N) is 1. The lowest BCUT2D eigenvalue weighted by atomic mass is 10.1. The van der Waals surface area contributed by atoms with Crippen LogP contribution in [-0.4, -0.2) is 9.97 Å². The largest absolute Gasteiger partial charge is 0.489 e. The first kappa shape index (κ1) is 17.2. The molecule has 2 N–H and O–H groups in total. The van der Waals surface area contributed by atoms with Crippen LogP contribution in [0.2, 0.25) is 0 Å². The number of nitrogens with one attached hydrogen (secondary N) is 2. The van der Waals surface area contributed by atoms with Gasteiger partial charge in [0.2, 0.25) is 0 Å². The number of benzene rings is 2. The second kappa shape index (κ2) is 8.49. The number of hydrogen-bond donors (Lipinski definition) is 2. The van der Waals surface area contributed by atoms with Crippen LogP contribution >= 0.6 is 0 Å². The molecule has 25 heavy (non-hydrogen) atoms. The number of aromatic nitrogens is 2. The molecule has 1 aromatic heterocycles. The van der Waals surface area contributed by atoms with E-state index in [9.17, 15) is 0 Å². The van der Waals surface area contributed by atoms with Crippen LogP contribution in [0.1, 0.15) is 49.3 Å². The minimum atomic E-state index is 0.221. The predicted molar refractivity (Wildman–Crippen MR) is 100 cm³/mol. The van der Waals surface area contributed by atoms with Gasteiger partial charge in [0, 0.05) is 18.4 Å². The number of H-pyrrole nitrogens is 1. The Morgan fingerprint density at radius 3 is 2.48 bits per heavy atom. The molecule has 0 radical (unpaired) electrons. The van der Waals surface area contributed by atoms with Crippen molar-refractivity contribution < 1.29 is 4.74 Å². The maximum absolute atomic E-state index is 5.85. The number of hydrogen-bond acceptors (Lipinski definition) is 3. The Morgan fingerprint density at radius 2 is 1.84 bits per heavy atom. The Kier molecular flexibility index (Phi) is 5.86. The molecule has 4 heteroatoms. The molecule has 0 aliphatic rings. The van der Waals surface area contributed by atoms with Crippen molar-refractivity contribution in [1.82, 2.24) is 15.3 Å². The molecule has 4 nitrogen and oxygen atoms in total. The van der Waals surface area contributed by atoms with Crippen LogP contribution in [0.3, 0.4) is 0 Å². The van der Waals surface area contributed by atoms with E-state index in [1.807, 2.05) is 36.5 Å². The van der Waals surface area contributed by atoms with E-state index in [2.05, 4.69) is 53.4 Å². The van der Waals surface area contributed by atoms with Gasteiger partial charge in [-0.1, -0.05) is 49.4 Å². The molecule has 0 aliphatic heterocycles. The molecule has 2 aromatic carbocycles. The Hall–Kier alpha value is -2.59. The van der Waals surface area contributed by atoms with Gasteiger partial charge in [-0.25, -0.2) is 4.98 Å². The zero-order valence-electron chi connectivity index (χ0n) is 14.8. The molecule has 0 fully saturated rings. The van der Waals surface area contributed by atoms with Gasteiger partial charge >= 0.3 is 0 Å². The molecule has 0 saturated heterocycles. The number of aromatic amines is 1. The Bertz CT molecular complexity index is 739. The average molecular weight is 335 g/mol. The van der Waals surface area contributed by atoms with Crippen molar-refractivity contribution in [2.24, 2.45) is 0 Å². The van der Waals surface area contributed by atoms with Crippen LogP contribution in [0.15, 0.2) is 67.0 Å². The fourth-order valence-electron chi connectivity index (χ4n) is 2.85. The van der Waals surface area contributed by atoms with Crippen LogP contribution < -0.4 is 10.1 Å². The van der Waals surface area contributed by atoms with Gasteiger partial charge in [-0.2, -0.15) is 0 Å². The number of ether oxygens (including phenoxy) is 1. The molecule has 0 bridgehead atoms. The zero-order valence-corrected chi connectivity index (χ0v) is 14.8. The van der Waals surface area contributed by atoms with Gasteiger partial charge in [0.15, 0.2) is 0 Å². The van der Waals surface area contributed by atoms with E-state index in [1.54, 1.807) is 6.20 Å². The molecule has 0 amide bonds. The monoisotopic (exact) mass is 335 g/mol. The van der Waals surface area contributed by atoms with Crippen molar-refractivity contribution >= 4 is 0 Å². The summed E-state index contributed by atoms with van der Waals surface area (Å²) < 4.78 is 5.85. The average Bonchev–Trinajstić information content (AvgIpc) is 3.20. The van der Waals surface area contributed by atoms with Gasteiger partial charge in [-0.05, 0) is 36.6 Å². The highest BCUT2D eigenvalue weighted by Crippen LogP contribution is 2.22. The van der Waals surface area contributed by atoms with E-state index in [1.165, 1.54) is 11.1 Å². The van der Waals surface area contributed by atoms with Crippen LogP contribution in [0.5, 0.6) is 5.75 Å². The second-order valence-corrected chi connectivity index (χ2v) is 6.17. The highest BCUT2D eigenvalue weighted by atomic mass is 16.5. The molecule has 2 atom stereocenters. The summed E-state index contributed by atoms with van der Waals surface area (Å²) in [6, 6.07) is 19.0. The fourth-order valence-corrected chi connectivity index (χ4v) is 2.85. The third-order valence-electron chi connectivity index (χ3n) is 4.34. The van der Waals surface area contributed by atoms with Gasteiger partial charge in [0.25, 0.3) is 0 Å². The third-order valence-corrected chi connectivity index (χ3v) is 4.34. The molecule has 0 saturated carbocycles. The van der Waals surface area contributed by atoms with E-state index >= 15 is 0 Å². The Morgan fingerprint density at radius 1 is 1.08 bits per heavy atom. The van der Waals surface area contributed by atoms with Gasteiger partial charge in [-0.3, -0.25) is 0 Å². The van der Waals surface area contributed by atoms with Crippen molar-refractivity contribution in [3.63, 3.8) is 0 Å².